The highest BCUT2D eigenvalue weighted by Gasteiger charge is 2.47. The molecule has 1 spiro atoms. The molecule has 0 amide bonds. The molecule has 26 heavy (non-hydrogen) atoms. The van der Waals surface area contributed by atoms with Gasteiger partial charge in [-0.05, 0) is 39.0 Å². The summed E-state index contributed by atoms with van der Waals surface area (Å²) in [5.41, 5.74) is 2.23. The molecule has 2 aromatic rings. The van der Waals surface area contributed by atoms with Crippen LogP contribution in [0, 0.1) is 19.8 Å². The van der Waals surface area contributed by atoms with E-state index in [4.69, 9.17) is 14.0 Å². The Morgan fingerprint density at radius 3 is 2.92 bits per heavy atom. The molecule has 1 unspecified atom stereocenters. The van der Waals surface area contributed by atoms with Crippen molar-refractivity contribution in [1.29, 1.82) is 0 Å². The highest BCUT2D eigenvalue weighted by Crippen LogP contribution is 2.39. The van der Waals surface area contributed by atoms with Crippen LogP contribution >= 0.6 is 0 Å². The number of hydrogen-bond donors (Lipinski definition) is 0. The fourth-order valence-electron chi connectivity index (χ4n) is 4.12. The summed E-state index contributed by atoms with van der Waals surface area (Å²) >= 11 is 0. The van der Waals surface area contributed by atoms with Gasteiger partial charge in [-0.3, -0.25) is 9.88 Å². The van der Waals surface area contributed by atoms with Crippen molar-refractivity contribution in [2.24, 2.45) is 5.92 Å². The third-order valence-electron chi connectivity index (χ3n) is 5.50. The molecule has 2 saturated heterocycles. The average Bonchev–Trinajstić information content (AvgIpc) is 2.94. The Bertz CT molecular complexity index is 708. The Balaban J connectivity index is 1.24. The molecule has 7 nitrogen and oxygen atoms in total. The molecule has 7 heteroatoms. The number of aryl methyl sites for hydroxylation is 2. The van der Waals surface area contributed by atoms with Crippen molar-refractivity contribution in [3.05, 3.63) is 35.6 Å². The molecule has 0 aliphatic carbocycles. The zero-order valence-corrected chi connectivity index (χ0v) is 15.5. The molecule has 0 aromatic carbocycles. The number of ether oxygens (including phenoxy) is 2. The zero-order chi connectivity index (χ0) is 18.0. The summed E-state index contributed by atoms with van der Waals surface area (Å²) < 4.78 is 17.1. The minimum Gasteiger partial charge on any atom is -0.477 e. The van der Waals surface area contributed by atoms with Gasteiger partial charge in [0.1, 0.15) is 5.76 Å². The number of nitrogens with zero attached hydrogens (tertiary/aromatic N) is 4. The number of hydrogen-bond acceptors (Lipinski definition) is 7. The lowest BCUT2D eigenvalue weighted by Gasteiger charge is -2.53. The number of aromatic nitrogens is 3. The van der Waals surface area contributed by atoms with E-state index in [1.807, 2.05) is 13.8 Å². The first kappa shape index (κ1) is 17.4. The summed E-state index contributed by atoms with van der Waals surface area (Å²) in [4.78, 5) is 10.6. The summed E-state index contributed by atoms with van der Waals surface area (Å²) in [5.74, 6) is 2.16. The first-order chi connectivity index (χ1) is 12.6. The Hall–Kier alpha value is -1.99. The van der Waals surface area contributed by atoms with Gasteiger partial charge in [0, 0.05) is 44.2 Å². The maximum Gasteiger partial charge on any atom is 0.232 e. The largest absolute Gasteiger partial charge is 0.477 e. The molecule has 4 heterocycles. The van der Waals surface area contributed by atoms with E-state index in [1.54, 1.807) is 18.6 Å². The Labute approximate surface area is 153 Å². The molecular formula is C19H26N4O3. The van der Waals surface area contributed by atoms with Gasteiger partial charge in [-0.2, -0.15) is 0 Å². The van der Waals surface area contributed by atoms with Crippen LogP contribution in [-0.2, 0) is 11.3 Å². The van der Waals surface area contributed by atoms with E-state index >= 15 is 0 Å². The number of rotatable bonds is 6. The van der Waals surface area contributed by atoms with Gasteiger partial charge in [0.25, 0.3) is 0 Å². The van der Waals surface area contributed by atoms with E-state index in [9.17, 15) is 0 Å². The lowest BCUT2D eigenvalue weighted by molar-refractivity contribution is -0.182. The van der Waals surface area contributed by atoms with Crippen LogP contribution in [-0.4, -0.2) is 51.9 Å². The highest BCUT2D eigenvalue weighted by molar-refractivity contribution is 5.21. The van der Waals surface area contributed by atoms with Crippen LogP contribution in [0.2, 0.25) is 0 Å². The van der Waals surface area contributed by atoms with Crippen molar-refractivity contribution in [1.82, 2.24) is 20.0 Å². The van der Waals surface area contributed by atoms with Crippen molar-refractivity contribution in [3.8, 4) is 5.88 Å². The second-order valence-corrected chi connectivity index (χ2v) is 7.52. The predicted octanol–water partition coefficient (Wildman–Crippen LogP) is 2.53. The van der Waals surface area contributed by atoms with Crippen LogP contribution in [0.3, 0.4) is 0 Å². The highest BCUT2D eigenvalue weighted by atomic mass is 16.5. The van der Waals surface area contributed by atoms with Gasteiger partial charge in [0.2, 0.25) is 5.88 Å². The fourth-order valence-corrected chi connectivity index (χ4v) is 4.12. The molecule has 140 valence electrons. The summed E-state index contributed by atoms with van der Waals surface area (Å²) in [5, 5.41) is 4.05. The van der Waals surface area contributed by atoms with Gasteiger partial charge >= 0.3 is 0 Å². The predicted molar refractivity (Wildman–Crippen MR) is 94.8 cm³/mol. The first-order valence-corrected chi connectivity index (χ1v) is 9.30. The van der Waals surface area contributed by atoms with Crippen LogP contribution < -0.4 is 4.74 Å². The molecule has 0 radical (unpaired) electrons. The third-order valence-corrected chi connectivity index (χ3v) is 5.50. The Morgan fingerprint density at radius 2 is 2.19 bits per heavy atom. The monoisotopic (exact) mass is 358 g/mol. The SMILES string of the molecule is Cc1noc(C)c1CN1CC2(CC(CCOc3cnccn3)CCO2)C1. The van der Waals surface area contributed by atoms with E-state index in [1.165, 1.54) is 5.56 Å². The standard InChI is InChI=1S/C19H26N4O3/c1-14-17(15(2)26-22-14)11-23-12-19(13-23)9-16(4-8-25-19)3-7-24-18-10-20-5-6-21-18/h5-6,10,16H,3-4,7-9,11-13H2,1-2H3. The Morgan fingerprint density at radius 1 is 1.31 bits per heavy atom. The fraction of sp³-hybridized carbons (Fsp3) is 0.632. The maximum atomic E-state index is 6.16. The van der Waals surface area contributed by atoms with Gasteiger partial charge in [-0.15, -0.1) is 0 Å². The summed E-state index contributed by atoms with van der Waals surface area (Å²) in [6.45, 7) is 8.38. The smallest absolute Gasteiger partial charge is 0.232 e. The second kappa shape index (κ2) is 7.32. The van der Waals surface area contributed by atoms with Gasteiger partial charge in [-0.1, -0.05) is 5.16 Å². The van der Waals surface area contributed by atoms with E-state index in [-0.39, 0.29) is 5.60 Å². The lowest BCUT2D eigenvalue weighted by Crippen LogP contribution is -2.64. The van der Waals surface area contributed by atoms with Crippen LogP contribution in [0.4, 0.5) is 0 Å². The molecule has 2 fully saturated rings. The maximum absolute atomic E-state index is 6.16. The summed E-state index contributed by atoms with van der Waals surface area (Å²) in [6.07, 6.45) is 8.21. The summed E-state index contributed by atoms with van der Waals surface area (Å²) in [7, 11) is 0. The summed E-state index contributed by atoms with van der Waals surface area (Å²) in [6, 6.07) is 0. The molecule has 1 atom stereocenters. The molecule has 2 aliphatic rings. The first-order valence-electron chi connectivity index (χ1n) is 9.30. The van der Waals surface area contributed by atoms with Crippen molar-refractivity contribution in [3.63, 3.8) is 0 Å². The molecule has 4 rings (SSSR count). The van der Waals surface area contributed by atoms with Crippen molar-refractivity contribution >= 4 is 0 Å². The Kier molecular flexibility index (Phi) is 4.91. The van der Waals surface area contributed by atoms with Crippen LogP contribution in [0.25, 0.3) is 0 Å². The van der Waals surface area contributed by atoms with Crippen molar-refractivity contribution in [2.75, 3.05) is 26.3 Å². The third kappa shape index (κ3) is 3.73. The van der Waals surface area contributed by atoms with E-state index < -0.39 is 0 Å². The molecule has 2 aromatic heterocycles. The molecular weight excluding hydrogens is 332 g/mol. The average molecular weight is 358 g/mol. The van der Waals surface area contributed by atoms with Gasteiger partial charge in [-0.25, -0.2) is 4.98 Å². The molecule has 0 saturated carbocycles. The van der Waals surface area contributed by atoms with Gasteiger partial charge in [0.15, 0.2) is 0 Å². The molecule has 0 bridgehead atoms. The van der Waals surface area contributed by atoms with E-state index in [0.717, 1.165) is 57.0 Å². The lowest BCUT2D eigenvalue weighted by atomic mass is 9.79. The topological polar surface area (TPSA) is 73.5 Å². The van der Waals surface area contributed by atoms with Crippen LogP contribution in [0.15, 0.2) is 23.1 Å². The van der Waals surface area contributed by atoms with Crippen molar-refractivity contribution in [2.45, 2.75) is 45.3 Å². The van der Waals surface area contributed by atoms with Crippen molar-refractivity contribution < 1.29 is 14.0 Å². The minimum atomic E-state index is 0.0223. The second-order valence-electron chi connectivity index (χ2n) is 7.52. The zero-order valence-electron chi connectivity index (χ0n) is 15.5. The quantitative estimate of drug-likeness (QED) is 0.785. The molecule has 0 N–H and O–H groups in total. The van der Waals surface area contributed by atoms with E-state index in [0.29, 0.717) is 18.4 Å². The molecule has 2 aliphatic heterocycles. The van der Waals surface area contributed by atoms with Crippen LogP contribution in [0.5, 0.6) is 5.88 Å². The minimum absolute atomic E-state index is 0.0223. The van der Waals surface area contributed by atoms with Gasteiger partial charge in [0.05, 0.1) is 24.1 Å². The van der Waals surface area contributed by atoms with Gasteiger partial charge < -0.3 is 14.0 Å². The number of likely N-dealkylation sites (tertiary alicyclic amines) is 1. The van der Waals surface area contributed by atoms with Crippen LogP contribution in [0.1, 0.15) is 36.3 Å². The van der Waals surface area contributed by atoms with E-state index in [2.05, 4.69) is 20.0 Å². The normalized spacial score (nSPS) is 22.3.